The molecule has 0 spiro atoms. The average Bonchev–Trinajstić information content (AvgIpc) is 2.94. The van der Waals surface area contributed by atoms with Crippen LogP contribution >= 0.6 is 23.2 Å². The summed E-state index contributed by atoms with van der Waals surface area (Å²) in [7, 11) is 2.97. The fourth-order valence-corrected chi connectivity index (χ4v) is 3.40. The van der Waals surface area contributed by atoms with E-state index in [-0.39, 0.29) is 5.02 Å². The zero-order chi connectivity index (χ0) is 22.1. The molecule has 0 saturated carbocycles. The van der Waals surface area contributed by atoms with Gasteiger partial charge in [-0.3, -0.25) is 14.5 Å². The van der Waals surface area contributed by atoms with Gasteiger partial charge in [0.05, 0.1) is 24.3 Å². The van der Waals surface area contributed by atoms with Crippen LogP contribution in [0, 0.1) is 0 Å². The molecule has 1 aliphatic heterocycles. The topological polar surface area (TPSA) is 97.0 Å². The van der Waals surface area contributed by atoms with Gasteiger partial charge in [-0.05, 0) is 42.8 Å². The van der Waals surface area contributed by atoms with Gasteiger partial charge in [0.25, 0.3) is 5.91 Å². The van der Waals surface area contributed by atoms with Gasteiger partial charge in [0.2, 0.25) is 5.91 Å². The number of methoxy groups -OCH3 is 2. The molecule has 0 aliphatic carbocycles. The fourth-order valence-electron chi connectivity index (χ4n) is 3.10. The molecule has 1 heterocycles. The van der Waals surface area contributed by atoms with Crippen molar-refractivity contribution < 1.29 is 23.9 Å². The van der Waals surface area contributed by atoms with Crippen LogP contribution in [0.2, 0.25) is 10.0 Å². The molecule has 8 nitrogen and oxygen atoms in total. The lowest BCUT2D eigenvalue weighted by atomic mass is 9.91. The lowest BCUT2D eigenvalue weighted by molar-refractivity contribution is -0.133. The van der Waals surface area contributed by atoms with Gasteiger partial charge >= 0.3 is 6.03 Å². The maximum atomic E-state index is 13.0. The van der Waals surface area contributed by atoms with E-state index in [0.29, 0.717) is 27.8 Å². The standard InChI is InChI=1S/C20H19Cl2N3O5/c1-20(11-4-7-15(29-2)16(8-11)30-3)18(27)25(19(28)24-20)10-17(26)23-12-5-6-13(21)14(22)9-12/h4-9H,10H2,1-3H3,(H,23,26)(H,24,28)/t20-/m0/s1. The largest absolute Gasteiger partial charge is 0.493 e. The van der Waals surface area contributed by atoms with Crippen LogP contribution in [0.3, 0.4) is 0 Å². The number of nitrogens with one attached hydrogen (secondary N) is 2. The predicted octanol–water partition coefficient (Wildman–Crippen LogP) is 3.42. The van der Waals surface area contributed by atoms with Crippen molar-refractivity contribution in [2.45, 2.75) is 12.5 Å². The van der Waals surface area contributed by atoms with Gasteiger partial charge in [0, 0.05) is 5.69 Å². The highest BCUT2D eigenvalue weighted by Crippen LogP contribution is 2.35. The van der Waals surface area contributed by atoms with E-state index >= 15 is 0 Å². The van der Waals surface area contributed by atoms with E-state index in [1.54, 1.807) is 31.2 Å². The average molecular weight is 452 g/mol. The molecule has 158 valence electrons. The molecular weight excluding hydrogens is 433 g/mol. The van der Waals surface area contributed by atoms with Crippen molar-refractivity contribution in [3.63, 3.8) is 0 Å². The van der Waals surface area contributed by atoms with Crippen molar-refractivity contribution in [2.75, 3.05) is 26.1 Å². The normalized spacial score (nSPS) is 18.2. The lowest BCUT2D eigenvalue weighted by Crippen LogP contribution is -2.42. The van der Waals surface area contributed by atoms with Gasteiger partial charge in [-0.25, -0.2) is 4.79 Å². The van der Waals surface area contributed by atoms with E-state index in [9.17, 15) is 14.4 Å². The maximum absolute atomic E-state index is 13.0. The molecule has 0 bridgehead atoms. The van der Waals surface area contributed by atoms with E-state index in [0.717, 1.165) is 4.90 Å². The summed E-state index contributed by atoms with van der Waals surface area (Å²) in [4.78, 5) is 38.7. The van der Waals surface area contributed by atoms with Crippen LogP contribution in [0.25, 0.3) is 0 Å². The first kappa shape index (κ1) is 21.7. The molecule has 1 aliphatic rings. The van der Waals surface area contributed by atoms with Crippen molar-refractivity contribution in [3.8, 4) is 11.5 Å². The smallest absolute Gasteiger partial charge is 0.325 e. The number of rotatable bonds is 6. The van der Waals surface area contributed by atoms with Gasteiger partial charge in [-0.1, -0.05) is 29.3 Å². The molecule has 1 saturated heterocycles. The number of imide groups is 1. The molecule has 1 fully saturated rings. The molecule has 2 aromatic rings. The second kappa shape index (κ2) is 8.41. The second-order valence-electron chi connectivity index (χ2n) is 6.69. The summed E-state index contributed by atoms with van der Waals surface area (Å²) in [6.45, 7) is 1.10. The van der Waals surface area contributed by atoms with Crippen LogP contribution in [-0.2, 0) is 15.1 Å². The zero-order valence-corrected chi connectivity index (χ0v) is 17.9. The molecule has 2 N–H and O–H groups in total. The number of ether oxygens (including phenoxy) is 2. The number of urea groups is 1. The van der Waals surface area contributed by atoms with Crippen LogP contribution in [0.5, 0.6) is 11.5 Å². The number of benzene rings is 2. The number of hydrogen-bond acceptors (Lipinski definition) is 5. The summed E-state index contributed by atoms with van der Waals surface area (Å²) in [5.74, 6) is -0.231. The Morgan fingerprint density at radius 3 is 2.40 bits per heavy atom. The molecule has 0 radical (unpaired) electrons. The molecular formula is C20H19Cl2N3O5. The Balaban J connectivity index is 1.78. The third-order valence-electron chi connectivity index (χ3n) is 4.74. The third-order valence-corrected chi connectivity index (χ3v) is 5.48. The number of nitrogens with zero attached hydrogens (tertiary/aromatic N) is 1. The number of carbonyl (C=O) groups excluding carboxylic acids is 3. The lowest BCUT2D eigenvalue weighted by Gasteiger charge is -2.23. The Kier molecular flexibility index (Phi) is 6.09. The summed E-state index contributed by atoms with van der Waals surface area (Å²) in [5.41, 5.74) is -0.476. The maximum Gasteiger partial charge on any atom is 0.325 e. The van der Waals surface area contributed by atoms with Gasteiger partial charge in [-0.15, -0.1) is 0 Å². The summed E-state index contributed by atoms with van der Waals surface area (Å²) < 4.78 is 10.5. The number of anilines is 1. The molecule has 4 amide bonds. The highest BCUT2D eigenvalue weighted by atomic mass is 35.5. The van der Waals surface area contributed by atoms with Crippen LogP contribution in [-0.4, -0.2) is 43.5 Å². The summed E-state index contributed by atoms with van der Waals surface area (Å²) in [5, 5.41) is 5.84. The van der Waals surface area contributed by atoms with Gasteiger partial charge < -0.3 is 20.1 Å². The van der Waals surface area contributed by atoms with E-state index in [1.165, 1.54) is 26.4 Å². The Bertz CT molecular complexity index is 1030. The summed E-state index contributed by atoms with van der Waals surface area (Å²) in [6.07, 6.45) is 0. The minimum absolute atomic E-state index is 0.269. The van der Waals surface area contributed by atoms with Crippen molar-refractivity contribution in [3.05, 3.63) is 52.0 Å². The third kappa shape index (κ3) is 4.01. The highest BCUT2D eigenvalue weighted by molar-refractivity contribution is 6.42. The van der Waals surface area contributed by atoms with Gasteiger partial charge in [0.1, 0.15) is 12.1 Å². The SMILES string of the molecule is COc1ccc([C@]2(C)NC(=O)N(CC(=O)Nc3ccc(Cl)c(Cl)c3)C2=O)cc1OC. The monoisotopic (exact) mass is 451 g/mol. The first-order chi connectivity index (χ1) is 14.2. The number of hydrogen-bond donors (Lipinski definition) is 2. The number of amides is 4. The molecule has 0 aromatic heterocycles. The summed E-state index contributed by atoms with van der Waals surface area (Å²) in [6, 6.07) is 8.78. The Hall–Kier alpha value is -2.97. The summed E-state index contributed by atoms with van der Waals surface area (Å²) >= 11 is 11.8. The Morgan fingerprint density at radius 2 is 1.77 bits per heavy atom. The van der Waals surface area contributed by atoms with Crippen molar-refractivity contribution in [1.29, 1.82) is 0 Å². The minimum atomic E-state index is -1.36. The first-order valence-electron chi connectivity index (χ1n) is 8.81. The molecule has 3 rings (SSSR count). The Morgan fingerprint density at radius 1 is 1.07 bits per heavy atom. The van der Waals surface area contributed by atoms with E-state index in [1.807, 2.05) is 0 Å². The zero-order valence-electron chi connectivity index (χ0n) is 16.4. The Labute approximate surface area is 183 Å². The van der Waals surface area contributed by atoms with E-state index in [2.05, 4.69) is 10.6 Å². The fraction of sp³-hybridized carbons (Fsp3) is 0.250. The number of carbonyl (C=O) groups is 3. The van der Waals surface area contributed by atoms with Crippen molar-refractivity contribution in [1.82, 2.24) is 10.2 Å². The first-order valence-corrected chi connectivity index (χ1v) is 9.56. The van der Waals surface area contributed by atoms with Crippen LogP contribution in [0.4, 0.5) is 10.5 Å². The molecule has 2 aromatic carbocycles. The van der Waals surface area contributed by atoms with Gasteiger partial charge in [0.15, 0.2) is 11.5 Å². The number of halogens is 2. The van der Waals surface area contributed by atoms with E-state index < -0.39 is 29.9 Å². The van der Waals surface area contributed by atoms with E-state index in [4.69, 9.17) is 32.7 Å². The second-order valence-corrected chi connectivity index (χ2v) is 7.51. The quantitative estimate of drug-likeness (QED) is 0.655. The van der Waals surface area contributed by atoms with Crippen LogP contribution < -0.4 is 20.1 Å². The predicted molar refractivity (Wildman–Crippen MR) is 112 cm³/mol. The van der Waals surface area contributed by atoms with Gasteiger partial charge in [-0.2, -0.15) is 0 Å². The molecule has 1 atom stereocenters. The van der Waals surface area contributed by atoms with Crippen molar-refractivity contribution >= 4 is 46.7 Å². The van der Waals surface area contributed by atoms with Crippen LogP contribution in [0.1, 0.15) is 12.5 Å². The molecule has 10 heteroatoms. The molecule has 0 unspecified atom stereocenters. The van der Waals surface area contributed by atoms with Crippen molar-refractivity contribution in [2.24, 2.45) is 0 Å². The highest BCUT2D eigenvalue weighted by Gasteiger charge is 2.49. The van der Waals surface area contributed by atoms with Crippen LogP contribution in [0.15, 0.2) is 36.4 Å². The minimum Gasteiger partial charge on any atom is -0.493 e. The molecule has 30 heavy (non-hydrogen) atoms.